The van der Waals surface area contributed by atoms with E-state index in [1.807, 2.05) is 0 Å². The lowest BCUT2D eigenvalue weighted by molar-refractivity contribution is -0.140. The summed E-state index contributed by atoms with van der Waals surface area (Å²) in [6.45, 7) is 2.63. The molecule has 0 atom stereocenters. The van der Waals surface area contributed by atoms with Crippen molar-refractivity contribution in [1.29, 1.82) is 0 Å². The molecule has 0 unspecified atom stereocenters. The molecule has 2 N–H and O–H groups in total. The lowest BCUT2D eigenvalue weighted by Crippen LogP contribution is -2.46. The van der Waals surface area contributed by atoms with Crippen molar-refractivity contribution < 1.29 is 14.3 Å². The van der Waals surface area contributed by atoms with E-state index >= 15 is 0 Å². The predicted molar refractivity (Wildman–Crippen MR) is 90.2 cm³/mol. The molecule has 1 aliphatic heterocycles. The van der Waals surface area contributed by atoms with Crippen LogP contribution in [0.5, 0.6) is 0 Å². The van der Waals surface area contributed by atoms with E-state index in [2.05, 4.69) is 25.3 Å². The topological polar surface area (TPSA) is 83.0 Å². The number of likely N-dealkylation sites (tertiary alicyclic amines) is 1. The van der Waals surface area contributed by atoms with Gasteiger partial charge in [0.2, 0.25) is 5.91 Å². The number of nitrogens with one attached hydrogen (secondary N) is 2. The summed E-state index contributed by atoms with van der Waals surface area (Å²) in [6, 6.07) is 0. The quantitative estimate of drug-likeness (QED) is 0.312. The molecule has 0 bridgehead atoms. The monoisotopic (exact) mass is 326 g/mol. The van der Waals surface area contributed by atoms with E-state index in [1.165, 1.54) is 7.11 Å². The van der Waals surface area contributed by atoms with Crippen LogP contribution in [0.15, 0.2) is 4.99 Å². The van der Waals surface area contributed by atoms with E-state index < -0.39 is 0 Å². The number of guanidine groups is 1. The summed E-state index contributed by atoms with van der Waals surface area (Å²) in [5.74, 6) is 1.33. The second-order valence-corrected chi connectivity index (χ2v) is 5.81. The number of unbranched alkanes of at least 4 members (excludes halogenated alkanes) is 1. The summed E-state index contributed by atoms with van der Waals surface area (Å²) in [4.78, 5) is 29.0. The molecule has 0 saturated carbocycles. The van der Waals surface area contributed by atoms with Gasteiger partial charge in [0, 0.05) is 46.6 Å². The number of aliphatic imine (C=N–C) groups is 1. The van der Waals surface area contributed by atoms with Crippen LogP contribution in [0.2, 0.25) is 0 Å². The molecule has 1 fully saturated rings. The summed E-state index contributed by atoms with van der Waals surface area (Å²) >= 11 is 0. The van der Waals surface area contributed by atoms with Gasteiger partial charge in [-0.25, -0.2) is 0 Å². The van der Waals surface area contributed by atoms with Gasteiger partial charge in [-0.05, 0) is 31.6 Å². The second kappa shape index (κ2) is 10.9. The first-order chi connectivity index (χ1) is 11.1. The summed E-state index contributed by atoms with van der Waals surface area (Å²) in [7, 11) is 4.88. The van der Waals surface area contributed by atoms with E-state index in [-0.39, 0.29) is 11.9 Å². The van der Waals surface area contributed by atoms with Crippen LogP contribution in [0.25, 0.3) is 0 Å². The molecule has 23 heavy (non-hydrogen) atoms. The van der Waals surface area contributed by atoms with Crippen molar-refractivity contribution in [2.45, 2.75) is 38.5 Å². The number of nitrogens with zero attached hydrogens (tertiary/aromatic N) is 2. The molecule has 0 aromatic heterocycles. The van der Waals surface area contributed by atoms with Crippen molar-refractivity contribution in [3.8, 4) is 0 Å². The van der Waals surface area contributed by atoms with Gasteiger partial charge in [-0.1, -0.05) is 0 Å². The van der Waals surface area contributed by atoms with Crippen LogP contribution in [0.4, 0.5) is 0 Å². The smallest absolute Gasteiger partial charge is 0.305 e. The summed E-state index contributed by atoms with van der Waals surface area (Å²) < 4.78 is 4.62. The van der Waals surface area contributed by atoms with Crippen molar-refractivity contribution in [3.63, 3.8) is 0 Å². The number of methoxy groups -OCH3 is 1. The first kappa shape index (κ1) is 19.3. The molecule has 1 aliphatic rings. The van der Waals surface area contributed by atoms with Crippen molar-refractivity contribution in [2.75, 3.05) is 40.8 Å². The number of rotatable bonds is 7. The van der Waals surface area contributed by atoms with E-state index in [1.54, 1.807) is 14.1 Å². The second-order valence-electron chi connectivity index (χ2n) is 5.81. The number of amides is 1. The van der Waals surface area contributed by atoms with Gasteiger partial charge in [-0.15, -0.1) is 0 Å². The molecular weight excluding hydrogens is 296 g/mol. The van der Waals surface area contributed by atoms with Gasteiger partial charge < -0.3 is 20.3 Å². The molecule has 0 radical (unpaired) electrons. The van der Waals surface area contributed by atoms with Crippen LogP contribution < -0.4 is 10.6 Å². The zero-order valence-corrected chi connectivity index (χ0v) is 14.6. The van der Waals surface area contributed by atoms with Crippen LogP contribution in [-0.4, -0.2) is 63.6 Å². The highest BCUT2D eigenvalue weighted by Gasteiger charge is 2.22. The summed E-state index contributed by atoms with van der Waals surface area (Å²) in [6.07, 6.45) is 4.81. The maximum Gasteiger partial charge on any atom is 0.305 e. The molecule has 1 saturated heterocycles. The lowest BCUT2D eigenvalue weighted by atomic mass is 9.93. The van der Waals surface area contributed by atoms with E-state index in [0.717, 1.165) is 51.3 Å². The number of piperidine rings is 1. The summed E-state index contributed by atoms with van der Waals surface area (Å²) in [5.41, 5.74) is 0. The van der Waals surface area contributed by atoms with Crippen LogP contribution >= 0.6 is 0 Å². The fraction of sp³-hybridized carbons (Fsp3) is 0.812. The van der Waals surface area contributed by atoms with Gasteiger partial charge in [0.25, 0.3) is 0 Å². The van der Waals surface area contributed by atoms with Crippen molar-refractivity contribution in [2.24, 2.45) is 10.9 Å². The van der Waals surface area contributed by atoms with Gasteiger partial charge in [-0.3, -0.25) is 14.6 Å². The molecular formula is C16H30N4O3. The Morgan fingerprint density at radius 1 is 1.26 bits per heavy atom. The first-order valence-electron chi connectivity index (χ1n) is 8.33. The zero-order valence-electron chi connectivity index (χ0n) is 14.6. The minimum atomic E-state index is -0.160. The third kappa shape index (κ3) is 7.34. The maximum atomic E-state index is 11.4. The molecule has 0 aromatic rings. The highest BCUT2D eigenvalue weighted by atomic mass is 16.5. The Balaban J connectivity index is 2.23. The standard InChI is InChI=1S/C16H30N4O3/c1-17-14(21)12-13-7-10-20(11-8-13)16(18-2)19-9-5-4-6-15(22)23-3/h13H,4-12H2,1-3H3,(H,17,21)(H,18,19). The van der Waals surface area contributed by atoms with Crippen LogP contribution in [0.3, 0.4) is 0 Å². The Hall–Kier alpha value is -1.79. The number of carbonyl (C=O) groups excluding carboxylic acids is 2. The van der Waals surface area contributed by atoms with E-state index in [0.29, 0.717) is 18.8 Å². The van der Waals surface area contributed by atoms with Gasteiger partial charge in [-0.2, -0.15) is 0 Å². The number of ether oxygens (including phenoxy) is 1. The van der Waals surface area contributed by atoms with Gasteiger partial charge in [0.05, 0.1) is 7.11 Å². The fourth-order valence-electron chi connectivity index (χ4n) is 2.74. The van der Waals surface area contributed by atoms with E-state index in [4.69, 9.17) is 0 Å². The molecule has 7 nitrogen and oxygen atoms in total. The number of carbonyl (C=O) groups is 2. The molecule has 1 amide bonds. The SMILES string of the molecule is CN=C(NCCCCC(=O)OC)N1CCC(CC(=O)NC)CC1. The Labute approximate surface area is 138 Å². The normalized spacial score (nSPS) is 16.1. The van der Waals surface area contributed by atoms with Crippen molar-refractivity contribution in [1.82, 2.24) is 15.5 Å². The minimum Gasteiger partial charge on any atom is -0.469 e. The Morgan fingerprint density at radius 3 is 2.52 bits per heavy atom. The van der Waals surface area contributed by atoms with Crippen LogP contribution in [-0.2, 0) is 14.3 Å². The predicted octanol–water partition coefficient (Wildman–Crippen LogP) is 0.753. The van der Waals surface area contributed by atoms with Gasteiger partial charge >= 0.3 is 5.97 Å². The Kier molecular flexibility index (Phi) is 9.09. The first-order valence-corrected chi connectivity index (χ1v) is 8.33. The number of hydrogen-bond donors (Lipinski definition) is 2. The van der Waals surface area contributed by atoms with Gasteiger partial charge in [0.1, 0.15) is 0 Å². The summed E-state index contributed by atoms with van der Waals surface area (Å²) in [5, 5.41) is 6.03. The Bertz CT molecular complexity index is 404. The number of esters is 1. The van der Waals surface area contributed by atoms with E-state index in [9.17, 15) is 9.59 Å². The van der Waals surface area contributed by atoms with Crippen molar-refractivity contribution >= 4 is 17.8 Å². The maximum absolute atomic E-state index is 11.4. The Morgan fingerprint density at radius 2 is 1.96 bits per heavy atom. The highest BCUT2D eigenvalue weighted by molar-refractivity contribution is 5.80. The molecule has 0 aliphatic carbocycles. The largest absolute Gasteiger partial charge is 0.469 e. The fourth-order valence-corrected chi connectivity index (χ4v) is 2.74. The average molecular weight is 326 g/mol. The molecule has 132 valence electrons. The molecule has 7 heteroatoms. The van der Waals surface area contributed by atoms with Crippen molar-refractivity contribution in [3.05, 3.63) is 0 Å². The molecule has 0 spiro atoms. The molecule has 1 rings (SSSR count). The minimum absolute atomic E-state index is 0.122. The lowest BCUT2D eigenvalue weighted by Gasteiger charge is -2.34. The highest BCUT2D eigenvalue weighted by Crippen LogP contribution is 2.20. The average Bonchev–Trinajstić information content (AvgIpc) is 2.58. The van der Waals surface area contributed by atoms with Gasteiger partial charge in [0.15, 0.2) is 5.96 Å². The van der Waals surface area contributed by atoms with Crippen LogP contribution in [0.1, 0.15) is 38.5 Å². The third-order valence-corrected chi connectivity index (χ3v) is 4.20. The number of hydrogen-bond acceptors (Lipinski definition) is 4. The third-order valence-electron chi connectivity index (χ3n) is 4.20. The zero-order chi connectivity index (χ0) is 17.1. The molecule has 0 aromatic carbocycles. The van der Waals surface area contributed by atoms with Crippen LogP contribution in [0, 0.1) is 5.92 Å². The molecule has 1 heterocycles.